The second-order valence-corrected chi connectivity index (χ2v) is 4.19. The Morgan fingerprint density at radius 1 is 1.26 bits per heavy atom. The van der Waals surface area contributed by atoms with E-state index in [0.717, 1.165) is 5.56 Å². The van der Waals surface area contributed by atoms with Crippen LogP contribution in [0.3, 0.4) is 0 Å². The van der Waals surface area contributed by atoms with Gasteiger partial charge in [-0.05, 0) is 12.1 Å². The van der Waals surface area contributed by atoms with Gasteiger partial charge < -0.3 is 9.63 Å². The fourth-order valence-electron chi connectivity index (χ4n) is 1.79. The molecule has 0 radical (unpaired) electrons. The van der Waals surface area contributed by atoms with Crippen LogP contribution >= 0.6 is 0 Å². The number of benzene rings is 1. The molecule has 0 saturated heterocycles. The van der Waals surface area contributed by atoms with E-state index in [4.69, 9.17) is 4.52 Å². The van der Waals surface area contributed by atoms with Crippen LogP contribution < -0.4 is 0 Å². The van der Waals surface area contributed by atoms with Gasteiger partial charge in [0.15, 0.2) is 0 Å². The minimum atomic E-state index is 0.222. The molecule has 2 aromatic heterocycles. The third kappa shape index (κ3) is 2.33. The Labute approximate surface area is 109 Å². The minimum absolute atomic E-state index is 0.222. The van der Waals surface area contributed by atoms with Crippen molar-refractivity contribution in [2.75, 3.05) is 0 Å². The van der Waals surface area contributed by atoms with Crippen LogP contribution in [0, 0.1) is 0 Å². The first-order valence-corrected chi connectivity index (χ1v) is 5.82. The summed E-state index contributed by atoms with van der Waals surface area (Å²) in [7, 11) is 1.83. The van der Waals surface area contributed by atoms with Crippen LogP contribution in [0.4, 0.5) is 0 Å². The van der Waals surface area contributed by atoms with E-state index in [-0.39, 0.29) is 5.75 Å². The molecule has 0 saturated carbocycles. The number of aryl methyl sites for hydroxylation is 1. The zero-order chi connectivity index (χ0) is 13.2. The summed E-state index contributed by atoms with van der Waals surface area (Å²) < 4.78 is 6.84. The molecule has 6 nitrogen and oxygen atoms in total. The molecule has 19 heavy (non-hydrogen) atoms. The second kappa shape index (κ2) is 4.56. The van der Waals surface area contributed by atoms with Crippen molar-refractivity contribution in [3.8, 4) is 17.3 Å². The number of aromatic hydroxyl groups is 1. The molecule has 96 valence electrons. The van der Waals surface area contributed by atoms with E-state index in [2.05, 4.69) is 15.2 Å². The van der Waals surface area contributed by atoms with Gasteiger partial charge in [-0.2, -0.15) is 10.1 Å². The minimum Gasteiger partial charge on any atom is -0.508 e. The van der Waals surface area contributed by atoms with Crippen molar-refractivity contribution in [2.24, 2.45) is 7.05 Å². The van der Waals surface area contributed by atoms with Crippen LogP contribution in [-0.4, -0.2) is 25.0 Å². The van der Waals surface area contributed by atoms with E-state index < -0.39 is 0 Å². The zero-order valence-corrected chi connectivity index (χ0v) is 10.3. The van der Waals surface area contributed by atoms with E-state index >= 15 is 0 Å². The maximum absolute atomic E-state index is 9.69. The first-order valence-electron chi connectivity index (χ1n) is 5.82. The summed E-state index contributed by atoms with van der Waals surface area (Å²) in [5.41, 5.74) is 1.41. The predicted molar refractivity (Wildman–Crippen MR) is 67.4 cm³/mol. The molecule has 1 aromatic carbocycles. The molecule has 0 aliphatic heterocycles. The Balaban J connectivity index is 1.84. The topological polar surface area (TPSA) is 77.0 Å². The summed E-state index contributed by atoms with van der Waals surface area (Å²) in [6.07, 6.45) is 2.21. The van der Waals surface area contributed by atoms with Gasteiger partial charge in [0.2, 0.25) is 11.7 Å². The van der Waals surface area contributed by atoms with Crippen molar-refractivity contribution in [3.63, 3.8) is 0 Å². The lowest BCUT2D eigenvalue weighted by atomic mass is 10.1. The highest BCUT2D eigenvalue weighted by atomic mass is 16.5. The molecule has 1 N–H and O–H groups in total. The van der Waals surface area contributed by atoms with Gasteiger partial charge >= 0.3 is 0 Å². The highest BCUT2D eigenvalue weighted by Crippen LogP contribution is 2.20. The molecule has 3 rings (SSSR count). The lowest BCUT2D eigenvalue weighted by molar-refractivity contribution is 0.383. The Morgan fingerprint density at radius 3 is 2.84 bits per heavy atom. The van der Waals surface area contributed by atoms with Gasteiger partial charge in [0.25, 0.3) is 0 Å². The predicted octanol–water partition coefficient (Wildman–Crippen LogP) is 1.77. The number of phenolic OH excluding ortho intramolecular Hbond substituents is 1. The van der Waals surface area contributed by atoms with Crippen molar-refractivity contribution < 1.29 is 9.63 Å². The first kappa shape index (κ1) is 11.5. The van der Waals surface area contributed by atoms with Crippen molar-refractivity contribution in [3.05, 3.63) is 48.0 Å². The quantitative estimate of drug-likeness (QED) is 0.772. The van der Waals surface area contributed by atoms with Gasteiger partial charge in [-0.25, -0.2) is 0 Å². The maximum Gasteiger partial charge on any atom is 0.231 e. The number of hydrogen-bond donors (Lipinski definition) is 1. The first-order chi connectivity index (χ1) is 9.22. The van der Waals surface area contributed by atoms with Crippen LogP contribution in [-0.2, 0) is 13.5 Å². The van der Waals surface area contributed by atoms with Gasteiger partial charge in [-0.15, -0.1) is 0 Å². The van der Waals surface area contributed by atoms with Crippen LogP contribution in [0.25, 0.3) is 11.5 Å². The van der Waals surface area contributed by atoms with E-state index in [1.165, 1.54) is 0 Å². The SMILES string of the molecule is Cn1ccc(-c2noc(Cc3ccccc3O)n2)n1. The monoisotopic (exact) mass is 256 g/mol. The van der Waals surface area contributed by atoms with Crippen LogP contribution in [0.1, 0.15) is 11.5 Å². The number of nitrogens with zero attached hydrogens (tertiary/aromatic N) is 4. The summed E-state index contributed by atoms with van der Waals surface area (Å²) in [5.74, 6) is 1.12. The zero-order valence-electron chi connectivity index (χ0n) is 10.3. The summed E-state index contributed by atoms with van der Waals surface area (Å²) in [6.45, 7) is 0. The Morgan fingerprint density at radius 2 is 2.11 bits per heavy atom. The standard InChI is InChI=1S/C13H12N4O2/c1-17-7-6-10(15-17)13-14-12(19-16-13)8-9-4-2-3-5-11(9)18/h2-7,18H,8H2,1H3. The molecular weight excluding hydrogens is 244 g/mol. The second-order valence-electron chi connectivity index (χ2n) is 4.19. The van der Waals surface area contributed by atoms with Gasteiger partial charge in [-0.3, -0.25) is 4.68 Å². The molecule has 0 aliphatic carbocycles. The van der Waals surface area contributed by atoms with Crippen LogP contribution in [0.2, 0.25) is 0 Å². The third-order valence-electron chi connectivity index (χ3n) is 2.74. The fraction of sp³-hybridized carbons (Fsp3) is 0.154. The average Bonchev–Trinajstić information content (AvgIpc) is 3.01. The van der Waals surface area contributed by atoms with Crippen molar-refractivity contribution in [2.45, 2.75) is 6.42 Å². The molecule has 0 amide bonds. The molecule has 0 unspecified atom stereocenters. The molecule has 0 aliphatic rings. The van der Waals surface area contributed by atoms with E-state index in [9.17, 15) is 5.11 Å². The largest absolute Gasteiger partial charge is 0.508 e. The summed E-state index contributed by atoms with van der Waals surface area (Å²) in [6, 6.07) is 8.89. The smallest absolute Gasteiger partial charge is 0.231 e. The number of rotatable bonds is 3. The average molecular weight is 256 g/mol. The van der Waals surface area contributed by atoms with Crippen LogP contribution in [0.15, 0.2) is 41.1 Å². The third-order valence-corrected chi connectivity index (χ3v) is 2.74. The number of hydrogen-bond acceptors (Lipinski definition) is 5. The highest BCUT2D eigenvalue weighted by molar-refractivity contribution is 5.47. The van der Waals surface area contributed by atoms with Gasteiger partial charge in [0, 0.05) is 18.8 Å². The Hall–Kier alpha value is -2.63. The Kier molecular flexibility index (Phi) is 2.75. The molecule has 0 spiro atoms. The summed E-state index contributed by atoms with van der Waals surface area (Å²) in [5, 5.41) is 17.8. The fourth-order valence-corrected chi connectivity index (χ4v) is 1.79. The molecule has 2 heterocycles. The van der Waals surface area contributed by atoms with Gasteiger partial charge in [0.05, 0.1) is 6.42 Å². The van der Waals surface area contributed by atoms with Gasteiger partial charge in [-0.1, -0.05) is 23.4 Å². The Bertz CT molecular complexity index is 702. The summed E-state index contributed by atoms with van der Waals surface area (Å²) in [4.78, 5) is 4.27. The van der Waals surface area contributed by atoms with Crippen molar-refractivity contribution in [1.29, 1.82) is 0 Å². The summed E-state index contributed by atoms with van der Waals surface area (Å²) >= 11 is 0. The van der Waals surface area contributed by atoms with Crippen molar-refractivity contribution >= 4 is 0 Å². The maximum atomic E-state index is 9.69. The van der Waals surface area contributed by atoms with Crippen LogP contribution in [0.5, 0.6) is 5.75 Å². The van der Waals surface area contributed by atoms with E-state index in [0.29, 0.717) is 23.8 Å². The normalized spacial score (nSPS) is 10.8. The van der Waals surface area contributed by atoms with Gasteiger partial charge in [0.1, 0.15) is 11.4 Å². The molecule has 0 atom stereocenters. The van der Waals surface area contributed by atoms with E-state index in [1.54, 1.807) is 16.8 Å². The van der Waals surface area contributed by atoms with E-state index in [1.807, 2.05) is 31.4 Å². The molecule has 0 bridgehead atoms. The molecule has 0 fully saturated rings. The highest BCUT2D eigenvalue weighted by Gasteiger charge is 2.12. The molecule has 6 heteroatoms. The number of aromatic nitrogens is 4. The molecular formula is C13H12N4O2. The lowest BCUT2D eigenvalue weighted by Gasteiger charge is -1.99. The molecule has 3 aromatic rings. The number of phenols is 1. The number of para-hydroxylation sites is 1. The lowest BCUT2D eigenvalue weighted by Crippen LogP contribution is -1.90. The van der Waals surface area contributed by atoms with Crippen molar-refractivity contribution in [1.82, 2.24) is 19.9 Å².